The van der Waals surface area contributed by atoms with Crippen molar-refractivity contribution in [3.05, 3.63) is 24.5 Å². The van der Waals surface area contributed by atoms with Crippen LogP contribution in [0.5, 0.6) is 0 Å². The molecule has 0 spiro atoms. The van der Waals surface area contributed by atoms with Gasteiger partial charge in [0.05, 0.1) is 11.7 Å². The minimum Gasteiger partial charge on any atom is -0.260 e. The number of rotatable bonds is 2. The lowest BCUT2D eigenvalue weighted by Crippen LogP contribution is -2.03. The van der Waals surface area contributed by atoms with Crippen LogP contribution in [0.1, 0.15) is 19.9 Å². The largest absolute Gasteiger partial charge is 0.260 e. The lowest BCUT2D eigenvalue weighted by molar-refractivity contribution is 0.551. The summed E-state index contributed by atoms with van der Waals surface area (Å²) in [5, 5.41) is 7.43. The van der Waals surface area contributed by atoms with E-state index in [0.29, 0.717) is 6.04 Å². The first-order valence-corrected chi connectivity index (χ1v) is 7.10. The lowest BCUT2D eigenvalue weighted by atomic mass is 10.2. The molecule has 0 radical (unpaired) electrons. The molecule has 0 fully saturated rings. The second-order valence-electron chi connectivity index (χ2n) is 4.48. The molecule has 92 valence electrons. The van der Waals surface area contributed by atoms with Gasteiger partial charge in [0, 0.05) is 23.0 Å². The first-order valence-electron chi connectivity index (χ1n) is 5.87. The van der Waals surface area contributed by atoms with E-state index in [1.54, 1.807) is 11.8 Å². The first-order chi connectivity index (χ1) is 8.70. The van der Waals surface area contributed by atoms with Gasteiger partial charge in [0.1, 0.15) is 5.52 Å². The Kier molecular flexibility index (Phi) is 2.70. The summed E-state index contributed by atoms with van der Waals surface area (Å²) in [5.41, 5.74) is 2.08. The molecule has 18 heavy (non-hydrogen) atoms. The molecule has 5 heteroatoms. The molecule has 0 N–H and O–H groups in total. The third-order valence-electron chi connectivity index (χ3n) is 2.96. The summed E-state index contributed by atoms with van der Waals surface area (Å²) in [6.07, 6.45) is 5.77. The monoisotopic (exact) mass is 258 g/mol. The SMILES string of the molecule is CSc1ncc2ccc3cnn(C(C)C)c3c2n1. The van der Waals surface area contributed by atoms with E-state index < -0.39 is 0 Å². The summed E-state index contributed by atoms with van der Waals surface area (Å²) in [4.78, 5) is 8.94. The second kappa shape index (κ2) is 4.24. The molecule has 2 aromatic heterocycles. The third kappa shape index (κ3) is 1.66. The van der Waals surface area contributed by atoms with Crippen LogP contribution in [-0.4, -0.2) is 26.0 Å². The molecular formula is C13H14N4S. The molecule has 3 rings (SSSR count). The van der Waals surface area contributed by atoms with Crippen LogP contribution in [0, 0.1) is 0 Å². The molecular weight excluding hydrogens is 244 g/mol. The number of hydrogen-bond donors (Lipinski definition) is 0. The third-order valence-corrected chi connectivity index (χ3v) is 3.52. The maximum Gasteiger partial charge on any atom is 0.187 e. The van der Waals surface area contributed by atoms with Crippen LogP contribution in [0.2, 0.25) is 0 Å². The molecule has 0 aliphatic carbocycles. The van der Waals surface area contributed by atoms with E-state index in [9.17, 15) is 0 Å². The first kappa shape index (κ1) is 11.5. The Morgan fingerprint density at radius 1 is 1.17 bits per heavy atom. The molecule has 3 aromatic rings. The van der Waals surface area contributed by atoms with Gasteiger partial charge < -0.3 is 0 Å². The van der Waals surface area contributed by atoms with E-state index in [1.165, 1.54) is 0 Å². The van der Waals surface area contributed by atoms with Gasteiger partial charge in [0.2, 0.25) is 0 Å². The summed E-state index contributed by atoms with van der Waals surface area (Å²) in [6, 6.07) is 4.44. The topological polar surface area (TPSA) is 43.6 Å². The van der Waals surface area contributed by atoms with Gasteiger partial charge in [0.15, 0.2) is 5.16 Å². The predicted molar refractivity (Wildman–Crippen MR) is 75.0 cm³/mol. The van der Waals surface area contributed by atoms with Crippen molar-refractivity contribution >= 4 is 33.6 Å². The van der Waals surface area contributed by atoms with Crippen LogP contribution in [0.4, 0.5) is 0 Å². The van der Waals surface area contributed by atoms with Crippen molar-refractivity contribution in [1.29, 1.82) is 0 Å². The maximum atomic E-state index is 4.63. The fraction of sp³-hybridized carbons (Fsp3) is 0.308. The van der Waals surface area contributed by atoms with Crippen LogP contribution in [-0.2, 0) is 0 Å². The highest BCUT2D eigenvalue weighted by molar-refractivity contribution is 7.98. The van der Waals surface area contributed by atoms with Crippen molar-refractivity contribution in [2.24, 2.45) is 0 Å². The lowest BCUT2D eigenvalue weighted by Gasteiger charge is -2.09. The summed E-state index contributed by atoms with van der Waals surface area (Å²) in [6.45, 7) is 4.25. The Morgan fingerprint density at radius 2 is 1.94 bits per heavy atom. The highest BCUT2D eigenvalue weighted by Gasteiger charge is 2.11. The molecule has 4 nitrogen and oxygen atoms in total. The Hall–Kier alpha value is -1.62. The molecule has 0 saturated heterocycles. The van der Waals surface area contributed by atoms with E-state index in [-0.39, 0.29) is 0 Å². The van der Waals surface area contributed by atoms with E-state index in [2.05, 4.69) is 35.0 Å². The number of hydrogen-bond acceptors (Lipinski definition) is 4. The summed E-state index contributed by atoms with van der Waals surface area (Å²) >= 11 is 1.56. The minimum atomic E-state index is 0.320. The molecule has 0 unspecified atom stereocenters. The van der Waals surface area contributed by atoms with E-state index in [4.69, 9.17) is 0 Å². The fourth-order valence-electron chi connectivity index (χ4n) is 2.10. The number of thioether (sulfide) groups is 1. The molecule has 0 amide bonds. The van der Waals surface area contributed by atoms with Crippen LogP contribution >= 0.6 is 11.8 Å². The van der Waals surface area contributed by atoms with E-state index in [1.807, 2.05) is 29.4 Å². The van der Waals surface area contributed by atoms with Crippen molar-refractivity contribution in [3.8, 4) is 0 Å². The summed E-state index contributed by atoms with van der Waals surface area (Å²) in [7, 11) is 0. The maximum absolute atomic E-state index is 4.63. The van der Waals surface area contributed by atoms with Crippen molar-refractivity contribution in [2.75, 3.05) is 6.26 Å². The average Bonchev–Trinajstić information content (AvgIpc) is 2.82. The summed E-state index contributed by atoms with van der Waals surface area (Å²) < 4.78 is 2.02. The molecule has 1 aromatic carbocycles. The standard InChI is InChI=1S/C13H14N4S/c1-8(2)17-12-10(7-15-17)5-4-9-6-14-13(18-3)16-11(9)12/h4-8H,1-3H3. The Labute approximate surface area is 109 Å². The van der Waals surface area contributed by atoms with Gasteiger partial charge in [-0.1, -0.05) is 23.9 Å². The van der Waals surface area contributed by atoms with Crippen LogP contribution in [0.15, 0.2) is 29.7 Å². The predicted octanol–water partition coefficient (Wildman–Crippen LogP) is 3.28. The molecule has 0 saturated carbocycles. The number of aromatic nitrogens is 4. The number of benzene rings is 1. The Bertz CT molecular complexity index is 717. The minimum absolute atomic E-state index is 0.320. The number of nitrogens with zero attached hydrogens (tertiary/aromatic N) is 4. The fourth-order valence-corrected chi connectivity index (χ4v) is 2.44. The van der Waals surface area contributed by atoms with Gasteiger partial charge in [0.25, 0.3) is 0 Å². The van der Waals surface area contributed by atoms with E-state index >= 15 is 0 Å². The molecule has 2 heterocycles. The van der Waals surface area contributed by atoms with Gasteiger partial charge in [-0.05, 0) is 20.1 Å². The Morgan fingerprint density at radius 3 is 2.67 bits per heavy atom. The van der Waals surface area contributed by atoms with Gasteiger partial charge in [-0.3, -0.25) is 4.68 Å². The Balaban J connectivity index is 2.44. The molecule has 0 aliphatic rings. The second-order valence-corrected chi connectivity index (χ2v) is 5.25. The van der Waals surface area contributed by atoms with Crippen molar-refractivity contribution in [1.82, 2.24) is 19.7 Å². The summed E-state index contributed by atoms with van der Waals surface area (Å²) in [5.74, 6) is 0. The number of fused-ring (bicyclic) bond motifs is 3. The van der Waals surface area contributed by atoms with Crippen molar-refractivity contribution in [3.63, 3.8) is 0 Å². The van der Waals surface area contributed by atoms with E-state index in [0.717, 1.165) is 27.0 Å². The van der Waals surface area contributed by atoms with Crippen LogP contribution < -0.4 is 0 Å². The normalized spacial score (nSPS) is 11.8. The zero-order valence-corrected chi connectivity index (χ0v) is 11.4. The highest BCUT2D eigenvalue weighted by Crippen LogP contribution is 2.26. The van der Waals surface area contributed by atoms with Gasteiger partial charge in [-0.15, -0.1) is 0 Å². The van der Waals surface area contributed by atoms with Crippen molar-refractivity contribution in [2.45, 2.75) is 25.0 Å². The average molecular weight is 258 g/mol. The zero-order chi connectivity index (χ0) is 12.7. The van der Waals surface area contributed by atoms with Crippen molar-refractivity contribution < 1.29 is 0 Å². The van der Waals surface area contributed by atoms with Crippen LogP contribution in [0.3, 0.4) is 0 Å². The highest BCUT2D eigenvalue weighted by atomic mass is 32.2. The van der Waals surface area contributed by atoms with Crippen LogP contribution in [0.25, 0.3) is 21.8 Å². The van der Waals surface area contributed by atoms with Gasteiger partial charge >= 0.3 is 0 Å². The molecule has 0 atom stereocenters. The van der Waals surface area contributed by atoms with Gasteiger partial charge in [-0.2, -0.15) is 5.10 Å². The molecule has 0 bridgehead atoms. The quantitative estimate of drug-likeness (QED) is 0.522. The smallest absolute Gasteiger partial charge is 0.187 e. The zero-order valence-electron chi connectivity index (χ0n) is 10.6. The van der Waals surface area contributed by atoms with Gasteiger partial charge in [-0.25, -0.2) is 9.97 Å². The molecule has 0 aliphatic heterocycles.